The smallest absolute Gasteiger partial charge is 0.0431 e. The third kappa shape index (κ3) is 1.84. The van der Waals surface area contributed by atoms with Crippen molar-refractivity contribution in [3.63, 3.8) is 0 Å². The molecule has 13 heavy (non-hydrogen) atoms. The number of rotatable bonds is 4. The van der Waals surface area contributed by atoms with E-state index in [2.05, 4.69) is 34.7 Å². The standard InChI is InChI=1S/C11H15IO/c12-11-9-5-4-8(7-9)10(11)3-1-2-6-13/h4-5,8-9,13H,1-3,6-7H2/t8-,9+/m1/s1. The second-order valence-electron chi connectivity index (χ2n) is 3.89. The lowest BCUT2D eigenvalue weighted by molar-refractivity contribution is 0.284. The molecule has 1 nitrogen and oxygen atoms in total. The van der Waals surface area contributed by atoms with E-state index in [1.807, 2.05) is 0 Å². The summed E-state index contributed by atoms with van der Waals surface area (Å²) in [7, 11) is 0. The summed E-state index contributed by atoms with van der Waals surface area (Å²) in [6.07, 6.45) is 9.34. The molecule has 2 atom stereocenters. The van der Waals surface area contributed by atoms with Crippen molar-refractivity contribution in [3.8, 4) is 0 Å². The van der Waals surface area contributed by atoms with Crippen molar-refractivity contribution in [1.82, 2.24) is 0 Å². The number of aliphatic hydroxyl groups excluding tert-OH is 1. The molecule has 0 unspecified atom stereocenters. The molecule has 2 rings (SSSR count). The molecule has 0 aromatic rings. The third-order valence-electron chi connectivity index (χ3n) is 3.02. The van der Waals surface area contributed by atoms with E-state index >= 15 is 0 Å². The van der Waals surface area contributed by atoms with Crippen LogP contribution in [-0.2, 0) is 0 Å². The molecule has 0 saturated heterocycles. The molecule has 2 aliphatic rings. The minimum absolute atomic E-state index is 0.341. The first kappa shape index (κ1) is 9.71. The van der Waals surface area contributed by atoms with Crippen molar-refractivity contribution in [2.75, 3.05) is 6.61 Å². The molecule has 0 aliphatic heterocycles. The van der Waals surface area contributed by atoms with Gasteiger partial charge < -0.3 is 5.11 Å². The molecular formula is C11H15IO. The van der Waals surface area contributed by atoms with Gasteiger partial charge in [-0.25, -0.2) is 0 Å². The van der Waals surface area contributed by atoms with Crippen LogP contribution in [0.1, 0.15) is 25.7 Å². The lowest BCUT2D eigenvalue weighted by Gasteiger charge is -2.11. The number of halogens is 1. The number of aliphatic hydroxyl groups is 1. The molecule has 0 radical (unpaired) electrons. The minimum Gasteiger partial charge on any atom is -0.396 e. The maximum Gasteiger partial charge on any atom is 0.0431 e. The Hall–Kier alpha value is 0.170. The van der Waals surface area contributed by atoms with E-state index in [1.54, 1.807) is 9.15 Å². The van der Waals surface area contributed by atoms with Crippen LogP contribution < -0.4 is 0 Å². The molecule has 0 fully saturated rings. The second-order valence-corrected chi connectivity index (χ2v) is 5.05. The molecule has 0 saturated carbocycles. The fourth-order valence-electron chi connectivity index (χ4n) is 2.29. The predicted molar refractivity (Wildman–Crippen MR) is 62.7 cm³/mol. The number of hydrogen-bond donors (Lipinski definition) is 1. The summed E-state index contributed by atoms with van der Waals surface area (Å²) in [6, 6.07) is 0. The first-order valence-corrected chi connectivity index (χ1v) is 6.08. The highest BCUT2D eigenvalue weighted by atomic mass is 127. The lowest BCUT2D eigenvalue weighted by atomic mass is 9.98. The normalized spacial score (nSPS) is 30.6. The van der Waals surface area contributed by atoms with E-state index in [1.165, 1.54) is 12.8 Å². The van der Waals surface area contributed by atoms with Crippen LogP contribution in [0.5, 0.6) is 0 Å². The van der Waals surface area contributed by atoms with Gasteiger partial charge in [0.2, 0.25) is 0 Å². The van der Waals surface area contributed by atoms with E-state index < -0.39 is 0 Å². The van der Waals surface area contributed by atoms with Crippen LogP contribution in [0.2, 0.25) is 0 Å². The quantitative estimate of drug-likeness (QED) is 0.479. The average molecular weight is 290 g/mol. The molecule has 0 heterocycles. The maximum absolute atomic E-state index is 8.71. The highest BCUT2D eigenvalue weighted by Gasteiger charge is 2.32. The largest absolute Gasteiger partial charge is 0.396 e. The van der Waals surface area contributed by atoms with E-state index in [-0.39, 0.29) is 0 Å². The van der Waals surface area contributed by atoms with Gasteiger partial charge in [-0.05, 0) is 57.8 Å². The van der Waals surface area contributed by atoms with Crippen molar-refractivity contribution in [2.24, 2.45) is 11.8 Å². The predicted octanol–water partition coefficient (Wildman–Crippen LogP) is 3.04. The van der Waals surface area contributed by atoms with Gasteiger partial charge in [-0.15, -0.1) is 0 Å². The van der Waals surface area contributed by atoms with Crippen molar-refractivity contribution in [1.29, 1.82) is 0 Å². The van der Waals surface area contributed by atoms with Crippen molar-refractivity contribution < 1.29 is 5.11 Å². The van der Waals surface area contributed by atoms with Gasteiger partial charge in [-0.1, -0.05) is 17.7 Å². The molecule has 1 N–H and O–H groups in total. The average Bonchev–Trinajstić information content (AvgIpc) is 2.69. The van der Waals surface area contributed by atoms with Gasteiger partial charge in [0.25, 0.3) is 0 Å². The maximum atomic E-state index is 8.71. The molecule has 2 bridgehead atoms. The lowest BCUT2D eigenvalue weighted by Crippen LogP contribution is -1.96. The van der Waals surface area contributed by atoms with E-state index in [0.717, 1.165) is 24.7 Å². The Morgan fingerprint density at radius 2 is 2.08 bits per heavy atom. The van der Waals surface area contributed by atoms with Crippen molar-refractivity contribution in [2.45, 2.75) is 25.7 Å². The molecule has 72 valence electrons. The van der Waals surface area contributed by atoms with E-state index in [9.17, 15) is 0 Å². The summed E-state index contributed by atoms with van der Waals surface area (Å²) in [6.45, 7) is 0.341. The summed E-state index contributed by atoms with van der Waals surface area (Å²) in [5, 5.41) is 8.71. The van der Waals surface area contributed by atoms with Gasteiger partial charge in [0.05, 0.1) is 0 Å². The van der Waals surface area contributed by atoms with Gasteiger partial charge in [0.1, 0.15) is 0 Å². The fraction of sp³-hybridized carbons (Fsp3) is 0.636. The molecule has 0 aromatic carbocycles. The van der Waals surface area contributed by atoms with Crippen LogP contribution in [0.4, 0.5) is 0 Å². The molecule has 2 aliphatic carbocycles. The Morgan fingerprint density at radius 3 is 2.69 bits per heavy atom. The number of fused-ring (bicyclic) bond motifs is 2. The zero-order valence-electron chi connectivity index (χ0n) is 7.67. The Labute approximate surface area is 93.1 Å². The van der Waals surface area contributed by atoms with Crippen LogP contribution >= 0.6 is 22.6 Å². The Morgan fingerprint density at radius 1 is 1.31 bits per heavy atom. The summed E-state index contributed by atoms with van der Waals surface area (Å²) in [5.74, 6) is 1.49. The summed E-state index contributed by atoms with van der Waals surface area (Å²) in [4.78, 5) is 0. The molecule has 2 heteroatoms. The Kier molecular flexibility index (Phi) is 3.09. The monoisotopic (exact) mass is 290 g/mol. The Bertz CT molecular complexity index is 255. The number of hydrogen-bond acceptors (Lipinski definition) is 1. The van der Waals surface area contributed by atoms with Gasteiger partial charge in [0.15, 0.2) is 0 Å². The van der Waals surface area contributed by atoms with Crippen LogP contribution in [0.15, 0.2) is 21.3 Å². The van der Waals surface area contributed by atoms with Gasteiger partial charge in [-0.2, -0.15) is 0 Å². The van der Waals surface area contributed by atoms with Crippen molar-refractivity contribution >= 4 is 22.6 Å². The van der Waals surface area contributed by atoms with Crippen LogP contribution in [0.25, 0.3) is 0 Å². The first-order valence-electron chi connectivity index (χ1n) is 5.00. The van der Waals surface area contributed by atoms with Gasteiger partial charge >= 0.3 is 0 Å². The first-order chi connectivity index (χ1) is 6.33. The molecule has 0 aromatic heterocycles. The summed E-state index contributed by atoms with van der Waals surface area (Å²) in [5.41, 5.74) is 1.65. The Balaban J connectivity index is 1.92. The van der Waals surface area contributed by atoms with Gasteiger partial charge in [0, 0.05) is 12.5 Å². The minimum atomic E-state index is 0.341. The van der Waals surface area contributed by atoms with Crippen LogP contribution in [0, 0.1) is 11.8 Å². The number of allylic oxidation sites excluding steroid dienone is 4. The topological polar surface area (TPSA) is 20.2 Å². The fourth-order valence-corrected chi connectivity index (χ4v) is 3.42. The highest BCUT2D eigenvalue weighted by molar-refractivity contribution is 14.1. The van der Waals surface area contributed by atoms with Gasteiger partial charge in [-0.3, -0.25) is 0 Å². The zero-order chi connectivity index (χ0) is 9.26. The SMILES string of the molecule is OCCCCC1=C(I)[C@H]2C=C[C@@H]1C2. The second kappa shape index (κ2) is 4.13. The summed E-state index contributed by atoms with van der Waals surface area (Å²) >= 11 is 2.50. The summed E-state index contributed by atoms with van der Waals surface area (Å²) < 4.78 is 1.59. The van der Waals surface area contributed by atoms with Crippen LogP contribution in [0.3, 0.4) is 0 Å². The van der Waals surface area contributed by atoms with E-state index in [0.29, 0.717) is 6.61 Å². The third-order valence-corrected chi connectivity index (χ3v) is 4.51. The zero-order valence-corrected chi connectivity index (χ0v) is 9.83. The van der Waals surface area contributed by atoms with E-state index in [4.69, 9.17) is 5.11 Å². The molecular weight excluding hydrogens is 275 g/mol. The molecule has 0 amide bonds. The van der Waals surface area contributed by atoms with Crippen LogP contribution in [-0.4, -0.2) is 11.7 Å². The molecule has 0 spiro atoms. The number of unbranched alkanes of at least 4 members (excludes halogenated alkanes) is 1. The van der Waals surface area contributed by atoms with Crippen molar-refractivity contribution in [3.05, 3.63) is 21.3 Å². The highest BCUT2D eigenvalue weighted by Crippen LogP contribution is 2.48.